The standard InChI is InChI=1S/C35H42F3N5O4S/c1-21-8-6-9-22(2)28(21)29-23(3)30-41-32(40-29)42-48(45,46)27-11-7-10-24(16-27)31(44)43(25-18-34(19-25)12-14-39-15-13-34)26(20-47-30)17-33(4,5)35(36,37)38/h6-11,16,25-26,39H,12-15,17-20H2,1-5H3,(H,40,41,42)/t26-/m1/s1. The van der Waals surface area contributed by atoms with Gasteiger partial charge in [-0.1, -0.05) is 38.1 Å². The van der Waals surface area contributed by atoms with Gasteiger partial charge in [0.15, 0.2) is 0 Å². The minimum Gasteiger partial charge on any atom is -0.475 e. The van der Waals surface area contributed by atoms with Gasteiger partial charge in [-0.3, -0.25) is 4.79 Å². The SMILES string of the molecule is Cc1cccc(C)c1-c1nc2nc(c1C)OC[C@@H](CC(C)(C)C(F)(F)F)N(C1CC3(CCNCC3)C1)C(=O)c1cccc(c1)S(=O)(=O)N2. The van der Waals surface area contributed by atoms with Crippen molar-refractivity contribution in [3.63, 3.8) is 0 Å². The molecule has 2 aliphatic heterocycles. The van der Waals surface area contributed by atoms with E-state index in [0.717, 1.165) is 56.5 Å². The Kier molecular flexibility index (Phi) is 8.76. The number of rotatable bonds is 4. The summed E-state index contributed by atoms with van der Waals surface area (Å²) in [5, 5.41) is 3.36. The van der Waals surface area contributed by atoms with E-state index in [1.165, 1.54) is 24.3 Å². The molecule has 6 rings (SSSR count). The van der Waals surface area contributed by atoms with Crippen LogP contribution in [0.25, 0.3) is 11.3 Å². The van der Waals surface area contributed by atoms with Crippen molar-refractivity contribution in [2.45, 2.75) is 89.9 Å². The molecule has 0 radical (unpaired) electrons. The summed E-state index contributed by atoms with van der Waals surface area (Å²) in [4.78, 5) is 24.9. The van der Waals surface area contributed by atoms with Crippen LogP contribution in [0.5, 0.6) is 5.88 Å². The van der Waals surface area contributed by atoms with Crippen molar-refractivity contribution in [2.75, 3.05) is 24.4 Å². The second kappa shape index (κ2) is 12.3. The summed E-state index contributed by atoms with van der Waals surface area (Å²) >= 11 is 0. The summed E-state index contributed by atoms with van der Waals surface area (Å²) in [5.41, 5.74) is 1.39. The highest BCUT2D eigenvalue weighted by atomic mass is 32.2. The molecule has 258 valence electrons. The number of nitrogens with zero attached hydrogens (tertiary/aromatic N) is 3. The highest BCUT2D eigenvalue weighted by molar-refractivity contribution is 7.92. The molecule has 1 saturated carbocycles. The Morgan fingerprint density at radius 2 is 1.65 bits per heavy atom. The van der Waals surface area contributed by atoms with Gasteiger partial charge >= 0.3 is 6.18 Å². The van der Waals surface area contributed by atoms with Gasteiger partial charge in [-0.2, -0.15) is 18.2 Å². The molecule has 3 aliphatic rings. The van der Waals surface area contributed by atoms with Gasteiger partial charge in [0, 0.05) is 22.7 Å². The molecule has 48 heavy (non-hydrogen) atoms. The number of hydrogen-bond donors (Lipinski definition) is 2. The average molecular weight is 686 g/mol. The van der Waals surface area contributed by atoms with E-state index in [-0.39, 0.29) is 40.4 Å². The maximum absolute atomic E-state index is 14.5. The Balaban J connectivity index is 1.51. The number of ether oxygens (including phenoxy) is 1. The highest BCUT2D eigenvalue weighted by Gasteiger charge is 2.53. The van der Waals surface area contributed by atoms with Gasteiger partial charge in [0.05, 0.1) is 22.0 Å². The lowest BCUT2D eigenvalue weighted by molar-refractivity contribution is -0.219. The first-order valence-corrected chi connectivity index (χ1v) is 17.8. The minimum absolute atomic E-state index is 0.00979. The first-order chi connectivity index (χ1) is 22.5. The number of benzene rings is 2. The number of halogens is 3. The summed E-state index contributed by atoms with van der Waals surface area (Å²) in [6.07, 6.45) is -1.84. The molecule has 2 N–H and O–H groups in total. The lowest BCUT2D eigenvalue weighted by Gasteiger charge is -2.55. The molecular weight excluding hydrogens is 643 g/mol. The number of aromatic nitrogens is 2. The van der Waals surface area contributed by atoms with Crippen LogP contribution in [0.15, 0.2) is 47.4 Å². The van der Waals surface area contributed by atoms with Crippen LogP contribution in [0.3, 0.4) is 0 Å². The van der Waals surface area contributed by atoms with Crippen molar-refractivity contribution in [3.05, 3.63) is 64.7 Å². The van der Waals surface area contributed by atoms with E-state index >= 15 is 0 Å². The molecule has 3 heterocycles. The number of aryl methyl sites for hydroxylation is 2. The zero-order chi connectivity index (χ0) is 34.6. The van der Waals surface area contributed by atoms with Gasteiger partial charge in [-0.05, 0) is 101 Å². The molecule has 1 amide bonds. The van der Waals surface area contributed by atoms with Gasteiger partial charge < -0.3 is 15.0 Å². The van der Waals surface area contributed by atoms with Gasteiger partial charge in [-0.15, -0.1) is 0 Å². The smallest absolute Gasteiger partial charge is 0.394 e. The normalized spacial score (nSPS) is 21.3. The van der Waals surface area contributed by atoms with Crippen LogP contribution in [0.4, 0.5) is 19.1 Å². The molecule has 2 aromatic carbocycles. The van der Waals surface area contributed by atoms with E-state index in [9.17, 15) is 26.4 Å². The summed E-state index contributed by atoms with van der Waals surface area (Å²) < 4.78 is 79.6. The molecule has 1 saturated heterocycles. The minimum atomic E-state index is -4.55. The molecule has 1 atom stereocenters. The zero-order valence-electron chi connectivity index (χ0n) is 27.9. The molecule has 0 unspecified atom stereocenters. The van der Waals surface area contributed by atoms with Gasteiger partial charge in [-0.25, -0.2) is 18.1 Å². The van der Waals surface area contributed by atoms with Crippen LogP contribution in [0, 0.1) is 31.6 Å². The molecule has 13 heteroatoms. The van der Waals surface area contributed by atoms with E-state index in [2.05, 4.69) is 20.0 Å². The molecule has 9 nitrogen and oxygen atoms in total. The van der Waals surface area contributed by atoms with Crippen LogP contribution in [0.1, 0.15) is 73.0 Å². The van der Waals surface area contributed by atoms with Crippen LogP contribution >= 0.6 is 0 Å². The summed E-state index contributed by atoms with van der Waals surface area (Å²) in [6.45, 7) is 9.24. The van der Waals surface area contributed by atoms with E-state index in [1.54, 1.807) is 11.8 Å². The number of alkyl halides is 3. The fourth-order valence-electron chi connectivity index (χ4n) is 7.49. The second-order valence-corrected chi connectivity index (χ2v) is 16.0. The number of carbonyl (C=O) groups excluding carboxylic acids is 1. The fraction of sp³-hybridized carbons (Fsp3) is 0.514. The van der Waals surface area contributed by atoms with Crippen molar-refractivity contribution in [3.8, 4) is 17.1 Å². The highest BCUT2D eigenvalue weighted by Crippen LogP contribution is 2.52. The summed E-state index contributed by atoms with van der Waals surface area (Å²) in [7, 11) is -4.28. The quantitative estimate of drug-likeness (QED) is 0.319. The molecule has 1 spiro atoms. The number of anilines is 1. The van der Waals surface area contributed by atoms with Crippen molar-refractivity contribution in [1.82, 2.24) is 20.2 Å². The average Bonchev–Trinajstić information content (AvgIpc) is 3.00. The number of hydrogen-bond acceptors (Lipinski definition) is 7. The van der Waals surface area contributed by atoms with Crippen molar-refractivity contribution in [2.24, 2.45) is 10.8 Å². The molecule has 1 aromatic heterocycles. The number of nitrogens with one attached hydrogen (secondary N) is 2. The van der Waals surface area contributed by atoms with E-state index in [0.29, 0.717) is 24.1 Å². The van der Waals surface area contributed by atoms with Crippen LogP contribution in [-0.4, -0.2) is 67.1 Å². The summed E-state index contributed by atoms with van der Waals surface area (Å²) in [5.74, 6) is -0.755. The Hall–Kier alpha value is -3.71. The predicted octanol–water partition coefficient (Wildman–Crippen LogP) is 6.58. The molecular formula is C35H42F3N5O4S. The van der Waals surface area contributed by atoms with Gasteiger partial charge in [0.2, 0.25) is 11.8 Å². The van der Waals surface area contributed by atoms with Crippen LogP contribution < -0.4 is 14.8 Å². The van der Waals surface area contributed by atoms with Crippen molar-refractivity contribution >= 4 is 21.9 Å². The first kappa shape index (κ1) is 34.2. The number of amides is 1. The number of fused-ring (bicyclic) bond motifs is 4. The zero-order valence-corrected chi connectivity index (χ0v) is 28.7. The lowest BCUT2D eigenvalue weighted by atomic mass is 9.60. The topological polar surface area (TPSA) is 114 Å². The number of carbonyl (C=O) groups is 1. The Bertz CT molecular complexity index is 1810. The van der Waals surface area contributed by atoms with E-state index in [1.807, 2.05) is 32.0 Å². The third-order valence-corrected chi connectivity index (χ3v) is 11.7. The predicted molar refractivity (Wildman–Crippen MR) is 176 cm³/mol. The molecule has 1 aliphatic carbocycles. The maximum atomic E-state index is 14.5. The van der Waals surface area contributed by atoms with Crippen molar-refractivity contribution < 1.29 is 31.1 Å². The third-order valence-electron chi connectivity index (χ3n) is 10.4. The first-order valence-electron chi connectivity index (χ1n) is 16.3. The molecule has 4 bridgehead atoms. The lowest BCUT2D eigenvalue weighted by Crippen LogP contribution is -2.60. The largest absolute Gasteiger partial charge is 0.475 e. The number of sulfonamides is 1. The monoisotopic (exact) mass is 685 g/mol. The van der Waals surface area contributed by atoms with Crippen LogP contribution in [-0.2, 0) is 10.0 Å². The van der Waals surface area contributed by atoms with Gasteiger partial charge in [0.1, 0.15) is 6.61 Å². The second-order valence-electron chi connectivity index (χ2n) is 14.3. The van der Waals surface area contributed by atoms with Gasteiger partial charge in [0.25, 0.3) is 15.9 Å². The Labute approximate surface area is 279 Å². The van der Waals surface area contributed by atoms with Crippen molar-refractivity contribution in [1.29, 1.82) is 0 Å². The van der Waals surface area contributed by atoms with Crippen LogP contribution in [0.2, 0.25) is 0 Å². The maximum Gasteiger partial charge on any atom is 0.394 e. The van der Waals surface area contributed by atoms with E-state index < -0.39 is 40.0 Å². The number of piperidine rings is 1. The molecule has 2 fully saturated rings. The Morgan fingerprint density at radius 1 is 1.00 bits per heavy atom. The third kappa shape index (κ3) is 6.38. The fourth-order valence-corrected chi connectivity index (χ4v) is 8.48. The van der Waals surface area contributed by atoms with E-state index in [4.69, 9.17) is 4.74 Å². The molecule has 3 aromatic rings. The Morgan fingerprint density at radius 3 is 2.29 bits per heavy atom. The summed E-state index contributed by atoms with van der Waals surface area (Å²) in [6, 6.07) is 9.97.